The van der Waals surface area contributed by atoms with E-state index in [0.717, 1.165) is 11.3 Å². The minimum absolute atomic E-state index is 0.213. The summed E-state index contributed by atoms with van der Waals surface area (Å²) in [4.78, 5) is 12.6. The number of rotatable bonds is 4. The van der Waals surface area contributed by atoms with Gasteiger partial charge in [-0.05, 0) is 66.2 Å². The molecule has 0 spiro atoms. The Hall–Kier alpha value is -3.88. The van der Waals surface area contributed by atoms with Crippen LogP contribution in [0.5, 0.6) is 0 Å². The van der Waals surface area contributed by atoms with Crippen molar-refractivity contribution in [1.29, 1.82) is 0 Å². The smallest absolute Gasteiger partial charge is 0.276 e. The molecule has 0 aliphatic rings. The van der Waals surface area contributed by atoms with Crippen LogP contribution in [0.25, 0.3) is 11.4 Å². The molecule has 2 heterocycles. The number of carbonyl (C=O) groups is 1. The average Bonchev–Trinajstić information content (AvgIpc) is 3.33. The third kappa shape index (κ3) is 3.37. The molecule has 0 bridgehead atoms. The number of nitrogens with zero attached hydrogens (tertiary/aromatic N) is 6. The van der Waals surface area contributed by atoms with Crippen LogP contribution in [0.3, 0.4) is 0 Å². The van der Waals surface area contributed by atoms with E-state index in [4.69, 9.17) is 0 Å². The highest BCUT2D eigenvalue weighted by Crippen LogP contribution is 2.20. The van der Waals surface area contributed by atoms with Gasteiger partial charge in [0.05, 0.1) is 11.4 Å². The van der Waals surface area contributed by atoms with E-state index in [-0.39, 0.29) is 17.4 Å². The number of hydrogen-bond acceptors (Lipinski definition) is 5. The third-order valence-electron chi connectivity index (χ3n) is 4.22. The third-order valence-corrected chi connectivity index (χ3v) is 4.22. The number of nitrogens with one attached hydrogen (secondary N) is 1. The van der Waals surface area contributed by atoms with Crippen LogP contribution in [0.2, 0.25) is 0 Å². The Bertz CT molecular complexity index is 1160. The van der Waals surface area contributed by atoms with E-state index in [0.29, 0.717) is 17.2 Å². The first kappa shape index (κ1) is 17.5. The quantitative estimate of drug-likeness (QED) is 0.591. The molecule has 0 fully saturated rings. The first-order valence-corrected chi connectivity index (χ1v) is 8.50. The molecule has 0 aliphatic heterocycles. The summed E-state index contributed by atoms with van der Waals surface area (Å²) in [5.41, 5.74) is 3.06. The van der Waals surface area contributed by atoms with E-state index in [1.165, 1.54) is 16.8 Å². The fraction of sp³-hybridized carbons (Fsp3) is 0.105. The zero-order chi connectivity index (χ0) is 19.7. The average molecular weight is 377 g/mol. The second kappa shape index (κ2) is 7.03. The maximum atomic E-state index is 13.4. The number of aromatic nitrogens is 6. The normalized spacial score (nSPS) is 10.8. The van der Waals surface area contributed by atoms with Crippen molar-refractivity contribution in [2.75, 3.05) is 5.32 Å². The Balaban J connectivity index is 1.57. The fourth-order valence-corrected chi connectivity index (χ4v) is 2.77. The summed E-state index contributed by atoms with van der Waals surface area (Å²) in [7, 11) is 0. The number of carbonyl (C=O) groups excluding carboxylic acids is 1. The second-order valence-electron chi connectivity index (χ2n) is 6.22. The summed E-state index contributed by atoms with van der Waals surface area (Å²) in [6.45, 7) is 3.73. The molecule has 1 amide bonds. The predicted octanol–water partition coefficient (Wildman–Crippen LogP) is 2.86. The molecule has 28 heavy (non-hydrogen) atoms. The summed E-state index contributed by atoms with van der Waals surface area (Å²) < 4.78 is 16.4. The van der Waals surface area contributed by atoms with E-state index in [9.17, 15) is 9.18 Å². The Kier molecular flexibility index (Phi) is 4.40. The van der Waals surface area contributed by atoms with E-state index < -0.39 is 0 Å². The Labute approximate surface area is 159 Å². The van der Waals surface area contributed by atoms with Gasteiger partial charge in [-0.25, -0.2) is 9.07 Å². The number of hydrogen-bond donors (Lipinski definition) is 1. The minimum atomic E-state index is -0.376. The van der Waals surface area contributed by atoms with Gasteiger partial charge in [0.2, 0.25) is 0 Å². The molecule has 0 saturated heterocycles. The molecule has 1 N–H and O–H groups in total. The topological polar surface area (TPSA) is 90.5 Å². The summed E-state index contributed by atoms with van der Waals surface area (Å²) >= 11 is 0. The monoisotopic (exact) mass is 377 g/mol. The molecule has 4 aromatic rings. The maximum absolute atomic E-state index is 13.4. The van der Waals surface area contributed by atoms with Crippen molar-refractivity contribution >= 4 is 11.6 Å². The molecule has 9 heteroatoms. The largest absolute Gasteiger partial charge is 0.321 e. The van der Waals surface area contributed by atoms with Crippen molar-refractivity contribution in [2.45, 2.75) is 13.8 Å². The second-order valence-corrected chi connectivity index (χ2v) is 6.22. The van der Waals surface area contributed by atoms with E-state index in [1.807, 2.05) is 13.0 Å². The zero-order valence-electron chi connectivity index (χ0n) is 15.2. The van der Waals surface area contributed by atoms with Gasteiger partial charge in [0, 0.05) is 11.9 Å². The van der Waals surface area contributed by atoms with Gasteiger partial charge in [0.15, 0.2) is 11.5 Å². The maximum Gasteiger partial charge on any atom is 0.276 e. The highest BCUT2D eigenvalue weighted by Gasteiger charge is 2.13. The van der Waals surface area contributed by atoms with Crippen molar-refractivity contribution in [3.8, 4) is 11.4 Å². The highest BCUT2D eigenvalue weighted by atomic mass is 19.1. The molecule has 2 aromatic heterocycles. The van der Waals surface area contributed by atoms with Crippen LogP contribution in [0, 0.1) is 19.7 Å². The SMILES string of the molecule is Cc1ccc(NC(=O)c2ccn(-c3cccc(F)c3)n2)cc1-n1nnnc1C. The Morgan fingerprint density at radius 2 is 1.96 bits per heavy atom. The van der Waals surface area contributed by atoms with Gasteiger partial charge in [-0.2, -0.15) is 9.78 Å². The summed E-state index contributed by atoms with van der Waals surface area (Å²) in [5.74, 6) is -0.108. The predicted molar refractivity (Wildman–Crippen MR) is 100 cm³/mol. The van der Waals surface area contributed by atoms with Gasteiger partial charge in [-0.1, -0.05) is 12.1 Å². The summed E-state index contributed by atoms with van der Waals surface area (Å²) in [6.07, 6.45) is 1.61. The lowest BCUT2D eigenvalue weighted by Crippen LogP contribution is -2.14. The van der Waals surface area contributed by atoms with Crippen LogP contribution < -0.4 is 5.32 Å². The molecular weight excluding hydrogens is 361 g/mol. The molecular formula is C19H16FN7O. The van der Waals surface area contributed by atoms with Crippen LogP contribution in [0.4, 0.5) is 10.1 Å². The lowest BCUT2D eigenvalue weighted by Gasteiger charge is -2.10. The van der Waals surface area contributed by atoms with Crippen LogP contribution in [-0.4, -0.2) is 35.9 Å². The number of anilines is 1. The van der Waals surface area contributed by atoms with Crippen molar-refractivity contribution < 1.29 is 9.18 Å². The summed E-state index contributed by atoms with van der Waals surface area (Å²) in [6, 6.07) is 13.0. The molecule has 0 saturated carbocycles. The van der Waals surface area contributed by atoms with E-state index >= 15 is 0 Å². The van der Waals surface area contributed by atoms with Gasteiger partial charge in [0.25, 0.3) is 5.91 Å². The van der Waals surface area contributed by atoms with E-state index in [1.54, 1.807) is 48.1 Å². The molecule has 0 unspecified atom stereocenters. The van der Waals surface area contributed by atoms with Crippen molar-refractivity contribution in [3.05, 3.63) is 77.6 Å². The fourth-order valence-electron chi connectivity index (χ4n) is 2.77. The Morgan fingerprint density at radius 3 is 2.71 bits per heavy atom. The van der Waals surface area contributed by atoms with Gasteiger partial charge < -0.3 is 5.32 Å². The molecule has 0 aliphatic carbocycles. The molecule has 0 radical (unpaired) electrons. The number of aryl methyl sites for hydroxylation is 2. The zero-order valence-corrected chi connectivity index (χ0v) is 15.2. The van der Waals surface area contributed by atoms with Crippen LogP contribution in [0.15, 0.2) is 54.7 Å². The lowest BCUT2D eigenvalue weighted by atomic mass is 10.1. The molecule has 0 atom stereocenters. The summed E-state index contributed by atoms with van der Waals surface area (Å²) in [5, 5.41) is 18.5. The highest BCUT2D eigenvalue weighted by molar-refractivity contribution is 6.03. The van der Waals surface area contributed by atoms with Gasteiger partial charge in [0.1, 0.15) is 5.82 Å². The number of tetrazole rings is 1. The Morgan fingerprint density at radius 1 is 1.11 bits per heavy atom. The van der Waals surface area contributed by atoms with Crippen LogP contribution >= 0.6 is 0 Å². The van der Waals surface area contributed by atoms with Crippen LogP contribution in [-0.2, 0) is 0 Å². The minimum Gasteiger partial charge on any atom is -0.321 e. The lowest BCUT2D eigenvalue weighted by molar-refractivity contribution is 0.102. The van der Waals surface area contributed by atoms with Crippen molar-refractivity contribution in [2.24, 2.45) is 0 Å². The van der Waals surface area contributed by atoms with Crippen molar-refractivity contribution in [3.63, 3.8) is 0 Å². The first-order valence-electron chi connectivity index (χ1n) is 8.50. The standard InChI is InChI=1S/C19H16FN7O/c1-12-6-7-15(11-18(12)27-13(2)22-24-25-27)21-19(28)17-8-9-26(23-17)16-5-3-4-14(20)10-16/h3-11H,1-2H3,(H,21,28). The number of amides is 1. The van der Waals surface area contributed by atoms with Gasteiger partial charge in [-0.3, -0.25) is 4.79 Å². The van der Waals surface area contributed by atoms with Gasteiger partial charge >= 0.3 is 0 Å². The van der Waals surface area contributed by atoms with E-state index in [2.05, 4.69) is 25.9 Å². The molecule has 2 aromatic carbocycles. The number of halogens is 1. The number of benzene rings is 2. The van der Waals surface area contributed by atoms with Crippen molar-refractivity contribution in [1.82, 2.24) is 30.0 Å². The molecule has 8 nitrogen and oxygen atoms in total. The molecule has 4 rings (SSSR count). The van der Waals surface area contributed by atoms with Crippen LogP contribution in [0.1, 0.15) is 21.9 Å². The first-order chi connectivity index (χ1) is 13.5. The van der Waals surface area contributed by atoms with Gasteiger partial charge in [-0.15, -0.1) is 5.10 Å². The molecule has 140 valence electrons.